The van der Waals surface area contributed by atoms with Gasteiger partial charge in [-0.1, -0.05) is 35.9 Å². The second-order valence-electron chi connectivity index (χ2n) is 6.40. The largest absolute Gasteiger partial charge is 0.461 e. The molecular formula is C19H24BN3O3. The first-order valence-electron chi connectivity index (χ1n) is 9.02. The van der Waals surface area contributed by atoms with Crippen LogP contribution in [0.4, 0.5) is 0 Å². The maximum atomic E-state index is 12.0. The summed E-state index contributed by atoms with van der Waals surface area (Å²) in [6, 6.07) is 11.9. The number of nitrogens with zero attached hydrogens (tertiary/aromatic N) is 2. The molecule has 0 spiro atoms. The molecule has 1 aliphatic heterocycles. The fourth-order valence-electron chi connectivity index (χ4n) is 3.32. The van der Waals surface area contributed by atoms with Crippen LogP contribution in [0.5, 0.6) is 0 Å². The quantitative estimate of drug-likeness (QED) is 0.638. The van der Waals surface area contributed by atoms with Crippen LogP contribution in [0.3, 0.4) is 0 Å². The second-order valence-corrected chi connectivity index (χ2v) is 6.40. The van der Waals surface area contributed by atoms with Crippen LogP contribution in [0.25, 0.3) is 5.57 Å². The number of nitrogens with one attached hydrogen (secondary N) is 1. The molecule has 6 nitrogen and oxygen atoms in total. The Morgan fingerprint density at radius 3 is 2.62 bits per heavy atom. The molecule has 0 amide bonds. The lowest BCUT2D eigenvalue weighted by Crippen LogP contribution is -2.41. The van der Waals surface area contributed by atoms with E-state index in [1.165, 1.54) is 5.57 Å². The van der Waals surface area contributed by atoms with Crippen molar-refractivity contribution in [2.45, 2.75) is 26.6 Å². The van der Waals surface area contributed by atoms with Gasteiger partial charge in [0.25, 0.3) is 0 Å². The summed E-state index contributed by atoms with van der Waals surface area (Å²) in [4.78, 5) is 14.0. The van der Waals surface area contributed by atoms with Crippen LogP contribution < -0.4 is 0 Å². The fourth-order valence-corrected chi connectivity index (χ4v) is 3.32. The Morgan fingerprint density at radius 2 is 2.00 bits per heavy atom. The molecule has 0 aliphatic carbocycles. The van der Waals surface area contributed by atoms with E-state index < -0.39 is 13.0 Å². The molecular weight excluding hydrogens is 329 g/mol. The third kappa shape index (κ3) is 4.06. The lowest BCUT2D eigenvalue weighted by molar-refractivity contribution is 0.0519. The molecule has 136 valence electrons. The standard InChI is InChI=1S/C19H24BN3O3/c1-3-26-19(24)17-13-16(21-22-17)18(14-7-5-4-6-8-14)15-9-11-23(12-10-15)20(2)25/h4-8,13,25H,3,9-12H2,1-2H3,(H,21,22). The number of hydrogen-bond acceptors (Lipinski definition) is 5. The van der Waals surface area contributed by atoms with Crippen molar-refractivity contribution in [2.75, 3.05) is 19.7 Å². The third-order valence-electron chi connectivity index (χ3n) is 4.68. The summed E-state index contributed by atoms with van der Waals surface area (Å²) in [6.07, 6.45) is 1.72. The summed E-state index contributed by atoms with van der Waals surface area (Å²) in [5.41, 5.74) is 4.53. The van der Waals surface area contributed by atoms with Crippen molar-refractivity contribution in [2.24, 2.45) is 0 Å². The molecule has 1 aromatic carbocycles. The van der Waals surface area contributed by atoms with Crippen LogP contribution in [-0.2, 0) is 4.74 Å². The maximum absolute atomic E-state index is 12.0. The van der Waals surface area contributed by atoms with Gasteiger partial charge in [0.15, 0.2) is 0 Å². The summed E-state index contributed by atoms with van der Waals surface area (Å²) < 4.78 is 5.05. The zero-order chi connectivity index (χ0) is 18.5. The minimum Gasteiger partial charge on any atom is -0.461 e. The number of H-pyrrole nitrogens is 1. The molecule has 7 heteroatoms. The Labute approximate surface area is 154 Å². The predicted molar refractivity (Wildman–Crippen MR) is 102 cm³/mol. The molecule has 1 aliphatic rings. The number of aromatic amines is 1. The van der Waals surface area contributed by atoms with Gasteiger partial charge in [-0.05, 0) is 51.3 Å². The van der Waals surface area contributed by atoms with E-state index in [0.29, 0.717) is 12.3 Å². The summed E-state index contributed by atoms with van der Waals surface area (Å²) in [6.45, 7) is 5.51. The zero-order valence-corrected chi connectivity index (χ0v) is 15.2. The lowest BCUT2D eigenvalue weighted by atomic mass is 9.81. The van der Waals surface area contributed by atoms with Gasteiger partial charge < -0.3 is 14.6 Å². The van der Waals surface area contributed by atoms with Crippen molar-refractivity contribution in [3.8, 4) is 0 Å². The van der Waals surface area contributed by atoms with Gasteiger partial charge in [0.1, 0.15) is 5.69 Å². The van der Waals surface area contributed by atoms with Crippen molar-refractivity contribution in [1.29, 1.82) is 0 Å². The van der Waals surface area contributed by atoms with Crippen molar-refractivity contribution < 1.29 is 14.6 Å². The third-order valence-corrected chi connectivity index (χ3v) is 4.68. The van der Waals surface area contributed by atoms with Gasteiger partial charge >= 0.3 is 13.0 Å². The van der Waals surface area contributed by atoms with Gasteiger partial charge in [-0.2, -0.15) is 5.10 Å². The first-order chi connectivity index (χ1) is 12.6. The highest BCUT2D eigenvalue weighted by Gasteiger charge is 2.24. The van der Waals surface area contributed by atoms with Gasteiger partial charge in [0, 0.05) is 5.57 Å². The number of aromatic nitrogens is 2. The fraction of sp³-hybridized carbons (Fsp3) is 0.368. The monoisotopic (exact) mass is 353 g/mol. The molecule has 1 fully saturated rings. The van der Waals surface area contributed by atoms with Crippen LogP contribution in [0.2, 0.25) is 6.82 Å². The van der Waals surface area contributed by atoms with Crippen LogP contribution in [0.1, 0.15) is 41.5 Å². The lowest BCUT2D eigenvalue weighted by Gasteiger charge is -2.30. The Hall–Kier alpha value is -2.38. The number of carbonyl (C=O) groups excluding carboxylic acids is 1. The minimum absolute atomic E-state index is 0.328. The van der Waals surface area contributed by atoms with Crippen molar-refractivity contribution in [3.63, 3.8) is 0 Å². The van der Waals surface area contributed by atoms with E-state index >= 15 is 0 Å². The van der Waals surface area contributed by atoms with Gasteiger partial charge in [-0.15, -0.1) is 0 Å². The Morgan fingerprint density at radius 1 is 1.31 bits per heavy atom. The van der Waals surface area contributed by atoms with Gasteiger partial charge in [0.2, 0.25) is 0 Å². The van der Waals surface area contributed by atoms with Gasteiger partial charge in [-0.3, -0.25) is 5.10 Å². The van der Waals surface area contributed by atoms with Crippen LogP contribution in [0.15, 0.2) is 42.0 Å². The molecule has 0 radical (unpaired) electrons. The molecule has 1 saturated heterocycles. The smallest absolute Gasteiger partial charge is 0.376 e. The Bertz CT molecular complexity index is 776. The number of rotatable bonds is 5. The predicted octanol–water partition coefficient (Wildman–Crippen LogP) is 2.59. The van der Waals surface area contributed by atoms with E-state index in [0.717, 1.165) is 42.8 Å². The molecule has 0 bridgehead atoms. The molecule has 2 N–H and O–H groups in total. The SMILES string of the molecule is CCOC(=O)c1cc(C(=C2CCN(B(C)O)CC2)c2ccccc2)n[nH]1. The Balaban J connectivity index is 1.96. The summed E-state index contributed by atoms with van der Waals surface area (Å²) in [5.74, 6) is -0.396. The number of piperidine rings is 1. The highest BCUT2D eigenvalue weighted by molar-refractivity contribution is 6.45. The zero-order valence-electron chi connectivity index (χ0n) is 15.2. The summed E-state index contributed by atoms with van der Waals surface area (Å²) >= 11 is 0. The van der Waals surface area contributed by atoms with Crippen molar-refractivity contribution >= 4 is 18.6 Å². The summed E-state index contributed by atoms with van der Waals surface area (Å²) in [5, 5.41) is 17.0. The van der Waals surface area contributed by atoms with E-state index in [1.54, 1.807) is 19.8 Å². The van der Waals surface area contributed by atoms with E-state index in [2.05, 4.69) is 27.1 Å². The minimum atomic E-state index is -0.433. The number of ether oxygens (including phenoxy) is 1. The molecule has 0 unspecified atom stereocenters. The van der Waals surface area contributed by atoms with Crippen molar-refractivity contribution in [3.05, 3.63) is 58.9 Å². The molecule has 0 atom stereocenters. The van der Waals surface area contributed by atoms with Gasteiger partial charge in [-0.25, -0.2) is 4.79 Å². The van der Waals surface area contributed by atoms with E-state index in [-0.39, 0.29) is 0 Å². The second kappa shape index (κ2) is 8.34. The normalized spacial score (nSPS) is 15.0. The molecule has 26 heavy (non-hydrogen) atoms. The number of hydrogen-bond donors (Lipinski definition) is 2. The van der Waals surface area contributed by atoms with Crippen LogP contribution in [0, 0.1) is 0 Å². The Kier molecular flexibility index (Phi) is 5.91. The van der Waals surface area contributed by atoms with E-state index in [1.807, 2.05) is 18.2 Å². The average Bonchev–Trinajstić information content (AvgIpc) is 3.13. The van der Waals surface area contributed by atoms with E-state index in [4.69, 9.17) is 4.74 Å². The molecule has 3 rings (SSSR count). The molecule has 0 saturated carbocycles. The van der Waals surface area contributed by atoms with Crippen molar-refractivity contribution in [1.82, 2.24) is 15.0 Å². The van der Waals surface area contributed by atoms with Crippen LogP contribution in [-0.4, -0.2) is 52.7 Å². The molecule has 1 aromatic heterocycles. The average molecular weight is 353 g/mol. The summed E-state index contributed by atoms with van der Waals surface area (Å²) in [7, 11) is -0.433. The van der Waals surface area contributed by atoms with E-state index in [9.17, 15) is 9.82 Å². The van der Waals surface area contributed by atoms with Crippen LogP contribution >= 0.6 is 0 Å². The number of esters is 1. The highest BCUT2D eigenvalue weighted by Crippen LogP contribution is 2.31. The maximum Gasteiger partial charge on any atom is 0.376 e. The number of benzene rings is 1. The topological polar surface area (TPSA) is 78.4 Å². The highest BCUT2D eigenvalue weighted by atomic mass is 16.5. The molecule has 2 heterocycles. The first-order valence-corrected chi connectivity index (χ1v) is 9.02. The molecule has 2 aromatic rings. The first kappa shape index (κ1) is 18.4. The number of carbonyl (C=O) groups is 1. The van der Waals surface area contributed by atoms with Gasteiger partial charge in [0.05, 0.1) is 12.3 Å².